The van der Waals surface area contributed by atoms with Crippen molar-refractivity contribution in [2.24, 2.45) is 0 Å². The second-order valence-corrected chi connectivity index (χ2v) is 7.64. The Kier molecular flexibility index (Phi) is 4.54. The molecule has 0 nitrogen and oxygen atoms in total. The van der Waals surface area contributed by atoms with Gasteiger partial charge in [-0.2, -0.15) is 0 Å². The minimum absolute atomic E-state index is 1.25. The maximum absolute atomic E-state index is 2.35. The third-order valence-electron chi connectivity index (χ3n) is 5.92. The molecule has 28 heavy (non-hydrogen) atoms. The van der Waals surface area contributed by atoms with Crippen LogP contribution in [0.15, 0.2) is 97.1 Å². The highest BCUT2D eigenvalue weighted by Gasteiger charge is 2.13. The van der Waals surface area contributed by atoms with Gasteiger partial charge in [-0.3, -0.25) is 0 Å². The van der Waals surface area contributed by atoms with Crippen LogP contribution in [0, 0.1) is 0 Å². The first-order valence-corrected chi connectivity index (χ1v) is 10.3. The first-order valence-electron chi connectivity index (χ1n) is 10.3. The van der Waals surface area contributed by atoms with Crippen molar-refractivity contribution < 1.29 is 0 Å². The van der Waals surface area contributed by atoms with Crippen molar-refractivity contribution in [3.63, 3.8) is 0 Å². The lowest BCUT2D eigenvalue weighted by atomic mass is 9.86. The molecule has 1 aliphatic carbocycles. The van der Waals surface area contributed by atoms with E-state index in [-0.39, 0.29) is 0 Å². The molecule has 0 saturated heterocycles. The molecule has 0 fully saturated rings. The van der Waals surface area contributed by atoms with Crippen molar-refractivity contribution >= 4 is 32.3 Å². The van der Waals surface area contributed by atoms with Crippen LogP contribution in [0.2, 0.25) is 0 Å². The number of rotatable bonds is 0. The number of hydrogen-bond acceptors (Lipinski definition) is 0. The van der Waals surface area contributed by atoms with Crippen molar-refractivity contribution in [2.45, 2.75) is 25.7 Å². The Morgan fingerprint density at radius 2 is 0.964 bits per heavy atom. The van der Waals surface area contributed by atoms with Crippen LogP contribution in [-0.2, 0) is 12.8 Å². The van der Waals surface area contributed by atoms with Gasteiger partial charge in [0.1, 0.15) is 0 Å². The highest BCUT2D eigenvalue weighted by atomic mass is 14.2. The number of hydrogen-bond donors (Lipinski definition) is 0. The zero-order valence-corrected chi connectivity index (χ0v) is 16.1. The number of benzene rings is 5. The highest BCUT2D eigenvalue weighted by Crippen LogP contribution is 2.33. The normalized spacial score (nSPS) is 13.1. The van der Waals surface area contributed by atoms with Crippen LogP contribution in [0.25, 0.3) is 32.3 Å². The van der Waals surface area contributed by atoms with Crippen molar-refractivity contribution in [1.82, 2.24) is 0 Å². The summed E-state index contributed by atoms with van der Waals surface area (Å²) in [6, 6.07) is 34.7. The van der Waals surface area contributed by atoms with E-state index in [9.17, 15) is 0 Å². The lowest BCUT2D eigenvalue weighted by Crippen LogP contribution is -2.02. The first kappa shape index (κ1) is 17.0. The van der Waals surface area contributed by atoms with Crippen LogP contribution in [0.5, 0.6) is 0 Å². The molecular formula is C28H24. The van der Waals surface area contributed by atoms with Gasteiger partial charge in [-0.25, -0.2) is 0 Å². The topological polar surface area (TPSA) is 0 Å². The van der Waals surface area contributed by atoms with Crippen molar-refractivity contribution in [1.29, 1.82) is 0 Å². The van der Waals surface area contributed by atoms with E-state index in [1.807, 2.05) is 0 Å². The predicted octanol–water partition coefficient (Wildman–Crippen LogP) is 7.71. The fourth-order valence-corrected chi connectivity index (χ4v) is 4.48. The quantitative estimate of drug-likeness (QED) is 0.248. The molecule has 136 valence electrons. The molecule has 0 aromatic heterocycles. The predicted molar refractivity (Wildman–Crippen MR) is 122 cm³/mol. The van der Waals surface area contributed by atoms with E-state index in [1.165, 1.54) is 58.0 Å². The van der Waals surface area contributed by atoms with Gasteiger partial charge in [-0.05, 0) is 69.1 Å². The largest absolute Gasteiger partial charge is 0.0616 e. The molecule has 0 amide bonds. The molecule has 0 N–H and O–H groups in total. The third kappa shape index (κ3) is 3.16. The Bertz CT molecular complexity index is 1200. The monoisotopic (exact) mass is 360 g/mol. The van der Waals surface area contributed by atoms with Crippen LogP contribution < -0.4 is 0 Å². The molecule has 0 heteroatoms. The smallest absolute Gasteiger partial charge is 0.0102 e. The van der Waals surface area contributed by atoms with Crippen LogP contribution in [0.3, 0.4) is 0 Å². The van der Waals surface area contributed by atoms with Crippen LogP contribution in [-0.4, -0.2) is 0 Å². The van der Waals surface area contributed by atoms with E-state index >= 15 is 0 Å². The molecule has 0 saturated carbocycles. The number of fused-ring (bicyclic) bond motifs is 6. The minimum atomic E-state index is 1.25. The van der Waals surface area contributed by atoms with E-state index in [1.54, 1.807) is 11.1 Å². The summed E-state index contributed by atoms with van der Waals surface area (Å²) in [6.45, 7) is 0. The van der Waals surface area contributed by atoms with E-state index < -0.39 is 0 Å². The molecule has 1 aliphatic rings. The van der Waals surface area contributed by atoms with Gasteiger partial charge < -0.3 is 0 Å². The van der Waals surface area contributed by atoms with Crippen molar-refractivity contribution in [2.75, 3.05) is 0 Å². The van der Waals surface area contributed by atoms with Gasteiger partial charge in [0.15, 0.2) is 0 Å². The fourth-order valence-electron chi connectivity index (χ4n) is 4.48. The molecule has 0 heterocycles. The van der Waals surface area contributed by atoms with E-state index in [0.29, 0.717) is 0 Å². The SMILES string of the molecule is c1ccc2c(c1)ccc1c3c(ccc12)CCCC3.c1ccc2ccccc2c1. The summed E-state index contributed by atoms with van der Waals surface area (Å²) < 4.78 is 0. The molecule has 5 aromatic carbocycles. The Morgan fingerprint density at radius 3 is 1.68 bits per heavy atom. The summed E-state index contributed by atoms with van der Waals surface area (Å²) in [5.74, 6) is 0. The Balaban J connectivity index is 0.000000145. The molecule has 0 unspecified atom stereocenters. The van der Waals surface area contributed by atoms with Gasteiger partial charge in [0.05, 0.1) is 0 Å². The first-order chi connectivity index (χ1) is 13.9. The van der Waals surface area contributed by atoms with Gasteiger partial charge in [-0.15, -0.1) is 0 Å². The highest BCUT2D eigenvalue weighted by molar-refractivity contribution is 6.08. The molecule has 0 aliphatic heterocycles. The second kappa shape index (κ2) is 7.48. The maximum atomic E-state index is 2.35. The summed E-state index contributed by atoms with van der Waals surface area (Å²) in [5, 5.41) is 8.26. The second-order valence-electron chi connectivity index (χ2n) is 7.64. The van der Waals surface area contributed by atoms with Crippen molar-refractivity contribution in [3.8, 4) is 0 Å². The van der Waals surface area contributed by atoms with Gasteiger partial charge in [-0.1, -0.05) is 97.1 Å². The average Bonchev–Trinajstić information content (AvgIpc) is 2.79. The molecule has 0 atom stereocenters. The van der Waals surface area contributed by atoms with Gasteiger partial charge in [0.25, 0.3) is 0 Å². The lowest BCUT2D eigenvalue weighted by molar-refractivity contribution is 0.690. The zero-order chi connectivity index (χ0) is 18.8. The Labute approximate surface area is 166 Å². The molecule has 5 aromatic rings. The lowest BCUT2D eigenvalue weighted by Gasteiger charge is -2.18. The Morgan fingerprint density at radius 1 is 0.393 bits per heavy atom. The Hall–Kier alpha value is -3.12. The van der Waals surface area contributed by atoms with Gasteiger partial charge in [0.2, 0.25) is 0 Å². The van der Waals surface area contributed by atoms with E-state index in [4.69, 9.17) is 0 Å². The van der Waals surface area contributed by atoms with Gasteiger partial charge in [0, 0.05) is 0 Å². The summed E-state index contributed by atoms with van der Waals surface area (Å²) >= 11 is 0. The fraction of sp³-hybridized carbons (Fsp3) is 0.143. The molecule has 0 bridgehead atoms. The van der Waals surface area contributed by atoms with Crippen LogP contribution >= 0.6 is 0 Å². The molecule has 0 radical (unpaired) electrons. The summed E-state index contributed by atoms with van der Waals surface area (Å²) in [5.41, 5.74) is 3.17. The summed E-state index contributed by atoms with van der Waals surface area (Å²) in [4.78, 5) is 0. The molecule has 6 rings (SSSR count). The van der Waals surface area contributed by atoms with Gasteiger partial charge >= 0.3 is 0 Å². The minimum Gasteiger partial charge on any atom is -0.0616 e. The van der Waals surface area contributed by atoms with E-state index in [2.05, 4.69) is 97.1 Å². The molecule has 0 spiro atoms. The van der Waals surface area contributed by atoms with Crippen LogP contribution in [0.4, 0.5) is 0 Å². The number of aryl methyl sites for hydroxylation is 2. The zero-order valence-electron chi connectivity index (χ0n) is 16.1. The third-order valence-corrected chi connectivity index (χ3v) is 5.92. The summed E-state index contributed by atoms with van der Waals surface area (Å²) in [7, 11) is 0. The summed E-state index contributed by atoms with van der Waals surface area (Å²) in [6.07, 6.45) is 5.22. The molecular weight excluding hydrogens is 336 g/mol. The average molecular weight is 360 g/mol. The maximum Gasteiger partial charge on any atom is -0.0102 e. The standard InChI is InChI=1S/C18H16.C10H8/c1-3-7-15-13(5-1)9-11-18-16-8-4-2-6-14(16)10-12-17(15)18;1-2-6-10-8-4-3-7-9(10)5-1/h1,3,5,7,9-12H,2,4,6,8H2;1-8H. The van der Waals surface area contributed by atoms with E-state index in [0.717, 1.165) is 0 Å². The van der Waals surface area contributed by atoms with Crippen LogP contribution in [0.1, 0.15) is 24.0 Å². The van der Waals surface area contributed by atoms with Crippen molar-refractivity contribution in [3.05, 3.63) is 108 Å².